The number of fused-ring (bicyclic) bond motifs is 2. The van der Waals surface area contributed by atoms with E-state index in [0.717, 1.165) is 16.7 Å². The van der Waals surface area contributed by atoms with Crippen LogP contribution >= 0.6 is 11.6 Å². The van der Waals surface area contributed by atoms with E-state index in [0.29, 0.717) is 10.7 Å². The summed E-state index contributed by atoms with van der Waals surface area (Å²) in [6.07, 6.45) is -2.32. The number of benzene rings is 1. The Balaban J connectivity index is 1.28. The molecule has 12 heteroatoms. The summed E-state index contributed by atoms with van der Waals surface area (Å²) in [5.74, 6) is 0.286. The van der Waals surface area contributed by atoms with Crippen LogP contribution in [0.15, 0.2) is 30.5 Å². The lowest BCUT2D eigenvalue weighted by Gasteiger charge is -2.18. The van der Waals surface area contributed by atoms with Crippen LogP contribution in [0.25, 0.3) is 0 Å². The number of pyridine rings is 1. The van der Waals surface area contributed by atoms with Gasteiger partial charge in [0.2, 0.25) is 0 Å². The smallest absolute Gasteiger partial charge is 0.425 e. The highest BCUT2D eigenvalue weighted by atomic mass is 35.5. The van der Waals surface area contributed by atoms with E-state index in [2.05, 4.69) is 4.98 Å². The molecule has 4 heterocycles. The molecule has 0 spiro atoms. The SMILES string of the molecule is Cc1ncc2c(c1OC(=O)O[C@@H]1CO[C@H]3[C@@H]1OC[C@H]3ON(O)O)CO[C@H]2c1ccc(Cl)cc1. The lowest BCUT2D eigenvalue weighted by Crippen LogP contribution is -2.37. The van der Waals surface area contributed by atoms with Crippen LogP contribution in [-0.2, 0) is 30.4 Å². The number of hydrogen-bond acceptors (Lipinski definition) is 11. The van der Waals surface area contributed by atoms with Crippen molar-refractivity contribution in [3.8, 4) is 5.75 Å². The van der Waals surface area contributed by atoms with Gasteiger partial charge in [-0.3, -0.25) is 15.4 Å². The van der Waals surface area contributed by atoms with Crippen molar-refractivity contribution < 1.29 is 43.7 Å². The van der Waals surface area contributed by atoms with Gasteiger partial charge in [0.1, 0.15) is 24.4 Å². The molecule has 2 fully saturated rings. The predicted octanol–water partition coefficient (Wildman–Crippen LogP) is 2.73. The van der Waals surface area contributed by atoms with Crippen molar-refractivity contribution in [2.75, 3.05) is 13.2 Å². The van der Waals surface area contributed by atoms with E-state index in [9.17, 15) is 4.79 Å². The van der Waals surface area contributed by atoms with Gasteiger partial charge in [-0.2, -0.15) is 0 Å². The van der Waals surface area contributed by atoms with Crippen molar-refractivity contribution in [1.82, 2.24) is 10.4 Å². The zero-order valence-corrected chi connectivity index (χ0v) is 18.2. The third-order valence-electron chi connectivity index (χ3n) is 5.82. The van der Waals surface area contributed by atoms with Gasteiger partial charge in [0, 0.05) is 22.3 Å². The molecule has 0 saturated carbocycles. The normalized spacial score (nSPS) is 28.1. The monoisotopic (exact) mass is 480 g/mol. The van der Waals surface area contributed by atoms with Gasteiger partial charge >= 0.3 is 6.16 Å². The van der Waals surface area contributed by atoms with Crippen LogP contribution in [0, 0.1) is 6.92 Å². The van der Waals surface area contributed by atoms with Crippen LogP contribution in [-0.4, -0.2) is 64.6 Å². The highest BCUT2D eigenvalue weighted by Gasteiger charge is 2.51. The van der Waals surface area contributed by atoms with Crippen molar-refractivity contribution in [2.24, 2.45) is 0 Å². The summed E-state index contributed by atoms with van der Waals surface area (Å²) in [5.41, 5.74) is 2.94. The molecule has 2 aromatic rings. The van der Waals surface area contributed by atoms with Crippen LogP contribution in [0.4, 0.5) is 4.79 Å². The Kier molecular flexibility index (Phi) is 6.20. The molecular weight excluding hydrogens is 460 g/mol. The van der Waals surface area contributed by atoms with E-state index in [-0.39, 0.29) is 31.7 Å². The summed E-state index contributed by atoms with van der Waals surface area (Å²) >= 11 is 5.98. The molecule has 33 heavy (non-hydrogen) atoms. The largest absolute Gasteiger partial charge is 0.514 e. The first-order chi connectivity index (χ1) is 15.9. The Morgan fingerprint density at radius 2 is 1.82 bits per heavy atom. The molecule has 3 aliphatic rings. The third kappa shape index (κ3) is 4.42. The van der Waals surface area contributed by atoms with Crippen LogP contribution < -0.4 is 4.74 Å². The number of carbonyl (C=O) groups excluding carboxylic acids is 1. The Morgan fingerprint density at radius 3 is 2.55 bits per heavy atom. The molecule has 2 N–H and O–H groups in total. The summed E-state index contributed by atoms with van der Waals surface area (Å²) < 4.78 is 28.0. The minimum Gasteiger partial charge on any atom is -0.425 e. The van der Waals surface area contributed by atoms with Gasteiger partial charge in [-0.25, -0.2) is 9.63 Å². The maximum absolute atomic E-state index is 12.6. The predicted molar refractivity (Wildman–Crippen MR) is 108 cm³/mol. The maximum Gasteiger partial charge on any atom is 0.514 e. The van der Waals surface area contributed by atoms with Gasteiger partial charge in [-0.05, 0) is 24.6 Å². The summed E-state index contributed by atoms with van der Waals surface area (Å²) in [5, 5.41) is 17.9. The number of aromatic nitrogens is 1. The van der Waals surface area contributed by atoms with Crippen LogP contribution in [0.2, 0.25) is 5.02 Å². The fourth-order valence-corrected chi connectivity index (χ4v) is 4.43. The fraction of sp³-hybridized carbons (Fsp3) is 0.429. The van der Waals surface area contributed by atoms with Gasteiger partial charge in [0.25, 0.3) is 0 Å². The van der Waals surface area contributed by atoms with E-state index in [1.54, 1.807) is 25.3 Å². The Hall–Kier alpha value is -2.35. The van der Waals surface area contributed by atoms with Gasteiger partial charge < -0.3 is 23.7 Å². The van der Waals surface area contributed by atoms with E-state index in [1.807, 2.05) is 12.1 Å². The van der Waals surface area contributed by atoms with Gasteiger partial charge in [0.05, 0.1) is 30.9 Å². The number of rotatable bonds is 5. The molecule has 2 saturated heterocycles. The number of nitrogens with zero attached hydrogens (tertiary/aromatic N) is 2. The minimum atomic E-state index is -0.934. The lowest BCUT2D eigenvalue weighted by atomic mass is 10.0. The molecular formula is C21H21ClN2O9. The summed E-state index contributed by atoms with van der Waals surface area (Å²) in [7, 11) is 0. The molecule has 3 aliphatic heterocycles. The Bertz CT molecular complexity index is 1040. The van der Waals surface area contributed by atoms with E-state index in [4.69, 9.17) is 50.5 Å². The quantitative estimate of drug-likeness (QED) is 0.484. The first-order valence-corrected chi connectivity index (χ1v) is 10.6. The van der Waals surface area contributed by atoms with Gasteiger partial charge in [-0.15, -0.1) is 0 Å². The molecule has 5 rings (SSSR count). The van der Waals surface area contributed by atoms with E-state index in [1.165, 1.54) is 0 Å². The van der Waals surface area contributed by atoms with E-state index >= 15 is 0 Å². The summed E-state index contributed by atoms with van der Waals surface area (Å²) in [4.78, 5) is 21.7. The van der Waals surface area contributed by atoms with Crippen LogP contribution in [0.3, 0.4) is 0 Å². The highest BCUT2D eigenvalue weighted by Crippen LogP contribution is 2.41. The molecule has 176 valence electrons. The van der Waals surface area contributed by atoms with Crippen molar-refractivity contribution in [2.45, 2.75) is 44.1 Å². The van der Waals surface area contributed by atoms with Gasteiger partial charge in [0.15, 0.2) is 11.9 Å². The molecule has 0 bridgehead atoms. The summed E-state index contributed by atoms with van der Waals surface area (Å²) in [6.45, 7) is 2.06. The second kappa shape index (κ2) is 9.12. The standard InChI is InChI=1S/C21H21ClN2O9/c1-10-17(14-7-28-18(13(14)6-23-10)11-2-4-12(22)5-3-11)32-21(25)31-15-8-29-20-16(33-24(26)27)9-30-19(15)20/h2-6,15-16,18-20,26-27H,7-9H2,1H3/t15-,16-,18+,19-,20-/m1/s1. The number of aryl methyl sites for hydroxylation is 1. The van der Waals surface area contributed by atoms with Crippen molar-refractivity contribution in [3.63, 3.8) is 0 Å². The number of halogens is 1. The molecule has 11 nitrogen and oxygen atoms in total. The highest BCUT2D eigenvalue weighted by molar-refractivity contribution is 6.30. The second-order valence-electron chi connectivity index (χ2n) is 7.85. The fourth-order valence-electron chi connectivity index (χ4n) is 4.31. The zero-order chi connectivity index (χ0) is 23.1. The average Bonchev–Trinajstić information content (AvgIpc) is 3.48. The van der Waals surface area contributed by atoms with Crippen molar-refractivity contribution >= 4 is 17.8 Å². The number of carbonyl (C=O) groups is 1. The molecule has 0 radical (unpaired) electrons. The second-order valence-corrected chi connectivity index (χ2v) is 8.29. The number of ether oxygens (including phenoxy) is 5. The minimum absolute atomic E-state index is 0.0422. The molecule has 0 amide bonds. The molecule has 0 unspecified atom stereocenters. The maximum atomic E-state index is 12.6. The van der Waals surface area contributed by atoms with Gasteiger partial charge in [-0.1, -0.05) is 23.7 Å². The van der Waals surface area contributed by atoms with Crippen molar-refractivity contribution in [3.05, 3.63) is 57.9 Å². The average molecular weight is 481 g/mol. The van der Waals surface area contributed by atoms with Crippen LogP contribution in [0.1, 0.15) is 28.5 Å². The third-order valence-corrected chi connectivity index (χ3v) is 6.08. The Labute approximate surface area is 193 Å². The van der Waals surface area contributed by atoms with E-state index < -0.39 is 36.0 Å². The Morgan fingerprint density at radius 1 is 1.12 bits per heavy atom. The first kappa shape index (κ1) is 22.4. The molecule has 5 atom stereocenters. The topological polar surface area (TPSA) is 129 Å². The molecule has 1 aromatic carbocycles. The molecule has 1 aromatic heterocycles. The lowest BCUT2D eigenvalue weighted by molar-refractivity contribution is -0.507. The zero-order valence-electron chi connectivity index (χ0n) is 17.4. The molecule has 0 aliphatic carbocycles. The van der Waals surface area contributed by atoms with Crippen LogP contribution in [0.5, 0.6) is 5.75 Å². The number of hydrogen-bond donors (Lipinski definition) is 2. The first-order valence-electron chi connectivity index (χ1n) is 10.2. The summed E-state index contributed by atoms with van der Waals surface area (Å²) in [6, 6.07) is 7.31. The van der Waals surface area contributed by atoms with Crippen molar-refractivity contribution in [1.29, 1.82) is 0 Å².